The fourth-order valence-electron chi connectivity index (χ4n) is 4.48. The molecule has 166 valence electrons. The van der Waals surface area contributed by atoms with Crippen LogP contribution >= 0.6 is 0 Å². The molecule has 0 unspecified atom stereocenters. The number of hydrogen-bond acceptors (Lipinski definition) is 7. The monoisotopic (exact) mass is 432 g/mol. The first-order chi connectivity index (χ1) is 15.6. The molecule has 2 saturated heterocycles. The van der Waals surface area contributed by atoms with Gasteiger partial charge in [-0.15, -0.1) is 0 Å². The van der Waals surface area contributed by atoms with Crippen LogP contribution in [0.25, 0.3) is 11.0 Å². The first kappa shape index (κ1) is 20.6. The van der Waals surface area contributed by atoms with E-state index in [1.54, 1.807) is 0 Å². The van der Waals surface area contributed by atoms with Crippen molar-refractivity contribution in [3.8, 4) is 0 Å². The molecule has 8 nitrogen and oxygen atoms in total. The van der Waals surface area contributed by atoms with E-state index in [0.717, 1.165) is 80.4 Å². The van der Waals surface area contributed by atoms with Crippen LogP contribution in [0.3, 0.4) is 0 Å². The maximum atomic E-state index is 13.1. The molecule has 0 saturated carbocycles. The number of nitrogens with zero attached hydrogens (tertiary/aromatic N) is 5. The van der Waals surface area contributed by atoms with E-state index in [0.29, 0.717) is 11.3 Å². The van der Waals surface area contributed by atoms with Crippen molar-refractivity contribution in [3.05, 3.63) is 47.4 Å². The van der Waals surface area contributed by atoms with Gasteiger partial charge >= 0.3 is 0 Å². The van der Waals surface area contributed by atoms with Crippen molar-refractivity contribution in [1.82, 2.24) is 15.0 Å². The predicted molar refractivity (Wildman–Crippen MR) is 126 cm³/mol. The Balaban J connectivity index is 1.43. The summed E-state index contributed by atoms with van der Waals surface area (Å²) >= 11 is 0. The Hall–Kier alpha value is -3.26. The maximum Gasteiger partial charge on any atom is 0.293 e. The zero-order chi connectivity index (χ0) is 22.1. The fourth-order valence-corrected chi connectivity index (χ4v) is 4.48. The largest absolute Gasteiger partial charge is 0.378 e. The molecule has 5 rings (SSSR count). The van der Waals surface area contributed by atoms with Gasteiger partial charge in [-0.3, -0.25) is 4.79 Å². The van der Waals surface area contributed by atoms with E-state index in [-0.39, 0.29) is 11.7 Å². The number of morpholine rings is 1. The van der Waals surface area contributed by atoms with Gasteiger partial charge in [0.15, 0.2) is 5.65 Å². The highest BCUT2D eigenvalue weighted by Crippen LogP contribution is 2.29. The predicted octanol–water partition coefficient (Wildman–Crippen LogP) is 3.33. The number of nitrogens with one attached hydrogen (secondary N) is 1. The summed E-state index contributed by atoms with van der Waals surface area (Å²) in [6.07, 6.45) is 2.25. The minimum absolute atomic E-state index is 0.147. The highest BCUT2D eigenvalue weighted by Gasteiger charge is 2.23. The van der Waals surface area contributed by atoms with E-state index in [2.05, 4.69) is 32.0 Å². The average molecular weight is 433 g/mol. The zero-order valence-electron chi connectivity index (χ0n) is 18.6. The number of pyridine rings is 1. The lowest BCUT2D eigenvalue weighted by Gasteiger charge is -2.28. The number of ether oxygens (including phenoxy) is 1. The molecule has 2 aliphatic heterocycles. The molecule has 2 aromatic heterocycles. The van der Waals surface area contributed by atoms with Crippen LogP contribution in [0.4, 0.5) is 17.2 Å². The van der Waals surface area contributed by atoms with E-state index in [1.807, 2.05) is 37.3 Å². The van der Waals surface area contributed by atoms with Crippen molar-refractivity contribution < 1.29 is 9.53 Å². The zero-order valence-corrected chi connectivity index (χ0v) is 18.6. The highest BCUT2D eigenvalue weighted by atomic mass is 16.5. The van der Waals surface area contributed by atoms with Crippen molar-refractivity contribution in [2.45, 2.75) is 26.7 Å². The number of aromatic nitrogens is 3. The second-order valence-electron chi connectivity index (χ2n) is 8.44. The fraction of sp³-hybridized carbons (Fsp3) is 0.417. The van der Waals surface area contributed by atoms with E-state index in [4.69, 9.17) is 9.72 Å². The lowest BCUT2D eigenvalue weighted by molar-refractivity contribution is 0.101. The molecule has 0 spiro atoms. The first-order valence-electron chi connectivity index (χ1n) is 11.2. The summed E-state index contributed by atoms with van der Waals surface area (Å²) in [5, 5.41) is 3.88. The SMILES string of the molecule is Cc1cc(C)c2c(N3CCCC3)nc(C(=O)Nc3ccc(N4CCOCC4)cc3)nc2n1. The molecule has 4 heterocycles. The van der Waals surface area contributed by atoms with Gasteiger partial charge in [0.2, 0.25) is 5.82 Å². The number of aryl methyl sites for hydroxylation is 2. The van der Waals surface area contributed by atoms with Gasteiger partial charge in [-0.2, -0.15) is 0 Å². The van der Waals surface area contributed by atoms with Gasteiger partial charge < -0.3 is 19.9 Å². The van der Waals surface area contributed by atoms with Crippen molar-refractivity contribution in [2.24, 2.45) is 0 Å². The van der Waals surface area contributed by atoms with Crippen LogP contribution < -0.4 is 15.1 Å². The Kier molecular flexibility index (Phi) is 5.61. The average Bonchev–Trinajstić information content (AvgIpc) is 3.34. The number of carbonyl (C=O) groups is 1. The van der Waals surface area contributed by atoms with E-state index in [1.165, 1.54) is 0 Å². The van der Waals surface area contributed by atoms with E-state index in [9.17, 15) is 4.79 Å². The number of amides is 1. The molecule has 0 aliphatic carbocycles. The minimum Gasteiger partial charge on any atom is -0.378 e. The van der Waals surface area contributed by atoms with Gasteiger partial charge in [-0.1, -0.05) is 0 Å². The molecule has 0 atom stereocenters. The molecular weight excluding hydrogens is 404 g/mol. The standard InChI is InChI=1S/C24H28N6O2/c1-16-15-17(2)25-21-20(16)23(30-9-3-4-10-30)28-22(27-21)24(31)26-18-5-7-19(8-6-18)29-11-13-32-14-12-29/h5-8,15H,3-4,9-14H2,1-2H3,(H,26,31). The Morgan fingerprint density at radius 2 is 1.66 bits per heavy atom. The molecule has 2 aliphatic rings. The van der Waals surface area contributed by atoms with Crippen molar-refractivity contribution in [2.75, 3.05) is 54.5 Å². The molecule has 2 fully saturated rings. The third-order valence-electron chi connectivity index (χ3n) is 6.08. The Morgan fingerprint density at radius 1 is 0.938 bits per heavy atom. The molecule has 1 N–H and O–H groups in total. The van der Waals surface area contributed by atoms with Crippen LogP contribution in [0.2, 0.25) is 0 Å². The Labute approximate surface area is 187 Å². The number of anilines is 3. The molecule has 3 aromatic rings. The number of hydrogen-bond donors (Lipinski definition) is 1. The second-order valence-corrected chi connectivity index (χ2v) is 8.44. The summed E-state index contributed by atoms with van der Waals surface area (Å²) in [5.74, 6) is 0.631. The molecule has 0 radical (unpaired) electrons. The Bertz CT molecular complexity index is 1140. The summed E-state index contributed by atoms with van der Waals surface area (Å²) < 4.78 is 5.42. The molecule has 32 heavy (non-hydrogen) atoms. The molecule has 1 amide bonds. The summed E-state index contributed by atoms with van der Waals surface area (Å²) in [6, 6.07) is 9.91. The van der Waals surface area contributed by atoms with Gasteiger partial charge in [0.25, 0.3) is 5.91 Å². The highest BCUT2D eigenvalue weighted by molar-refractivity contribution is 6.04. The third kappa shape index (κ3) is 4.10. The van der Waals surface area contributed by atoms with Crippen molar-refractivity contribution in [1.29, 1.82) is 0 Å². The number of benzene rings is 1. The van der Waals surface area contributed by atoms with Gasteiger partial charge in [0.1, 0.15) is 5.82 Å². The number of carbonyl (C=O) groups excluding carboxylic acids is 1. The lowest BCUT2D eigenvalue weighted by Crippen LogP contribution is -2.36. The number of rotatable bonds is 4. The minimum atomic E-state index is -0.326. The van der Waals surface area contributed by atoms with Crippen LogP contribution in [-0.2, 0) is 4.74 Å². The summed E-state index contributed by atoms with van der Waals surface area (Å²) in [6.45, 7) is 9.10. The molecular formula is C24H28N6O2. The van der Waals surface area contributed by atoms with Crippen LogP contribution in [0, 0.1) is 13.8 Å². The second kappa shape index (κ2) is 8.70. The summed E-state index contributed by atoms with van der Waals surface area (Å²) in [4.78, 5) is 31.4. The van der Waals surface area contributed by atoms with E-state index < -0.39 is 0 Å². The van der Waals surface area contributed by atoms with Gasteiger partial charge in [-0.05, 0) is 62.6 Å². The van der Waals surface area contributed by atoms with Crippen molar-refractivity contribution >= 4 is 34.1 Å². The van der Waals surface area contributed by atoms with Crippen LogP contribution in [-0.4, -0.2) is 60.3 Å². The normalized spacial score (nSPS) is 16.6. The van der Waals surface area contributed by atoms with Crippen molar-refractivity contribution in [3.63, 3.8) is 0 Å². The van der Waals surface area contributed by atoms with E-state index >= 15 is 0 Å². The quantitative estimate of drug-likeness (QED) is 0.677. The van der Waals surface area contributed by atoms with Crippen LogP contribution in [0.5, 0.6) is 0 Å². The van der Waals surface area contributed by atoms with Gasteiger partial charge in [0.05, 0.1) is 18.6 Å². The number of fused-ring (bicyclic) bond motifs is 1. The third-order valence-corrected chi connectivity index (χ3v) is 6.08. The molecule has 0 bridgehead atoms. The molecule has 1 aromatic carbocycles. The van der Waals surface area contributed by atoms with Crippen LogP contribution in [0.15, 0.2) is 30.3 Å². The molecule has 8 heteroatoms. The smallest absolute Gasteiger partial charge is 0.293 e. The summed E-state index contributed by atoms with van der Waals surface area (Å²) in [5.41, 5.74) is 4.38. The topological polar surface area (TPSA) is 83.5 Å². The van der Waals surface area contributed by atoms with Crippen LogP contribution in [0.1, 0.15) is 34.7 Å². The van der Waals surface area contributed by atoms with Gasteiger partial charge in [-0.25, -0.2) is 15.0 Å². The summed E-state index contributed by atoms with van der Waals surface area (Å²) in [7, 11) is 0. The van der Waals surface area contributed by atoms with Gasteiger partial charge in [0, 0.05) is 43.2 Å². The lowest BCUT2D eigenvalue weighted by atomic mass is 10.1. The Morgan fingerprint density at radius 3 is 2.38 bits per heavy atom. The first-order valence-corrected chi connectivity index (χ1v) is 11.2. The maximum absolute atomic E-state index is 13.1.